The van der Waals surface area contributed by atoms with Gasteiger partial charge in [0, 0.05) is 24.7 Å². The summed E-state index contributed by atoms with van der Waals surface area (Å²) in [6.45, 7) is 0.512. The number of nitro benzene ring substituents is 1. The van der Waals surface area contributed by atoms with Crippen molar-refractivity contribution in [3.05, 3.63) is 76.6 Å². The molecule has 0 atom stereocenters. The van der Waals surface area contributed by atoms with E-state index in [1.807, 2.05) is 22.8 Å². The quantitative estimate of drug-likeness (QED) is 0.528. The largest absolute Gasteiger partial charge is 0.320 e. The van der Waals surface area contributed by atoms with Crippen LogP contribution < -0.4 is 0 Å². The van der Waals surface area contributed by atoms with E-state index in [2.05, 4.69) is 9.97 Å². The fourth-order valence-electron chi connectivity index (χ4n) is 1.97. The third kappa shape index (κ3) is 3.54. The van der Waals surface area contributed by atoms with Gasteiger partial charge in [0.25, 0.3) is 5.69 Å². The van der Waals surface area contributed by atoms with E-state index in [9.17, 15) is 14.5 Å². The van der Waals surface area contributed by atoms with Gasteiger partial charge in [0.15, 0.2) is 5.16 Å². The van der Waals surface area contributed by atoms with Crippen LogP contribution in [-0.4, -0.2) is 19.5 Å². The smallest absolute Gasteiger partial charge is 0.272 e. The zero-order valence-electron chi connectivity index (χ0n) is 11.8. The van der Waals surface area contributed by atoms with Gasteiger partial charge in [0.05, 0.1) is 28.1 Å². The monoisotopic (exact) mass is 330 g/mol. The molecule has 0 unspecified atom stereocenters. The van der Waals surface area contributed by atoms with Gasteiger partial charge in [-0.3, -0.25) is 15.1 Å². The fourth-order valence-corrected chi connectivity index (χ4v) is 2.82. The summed E-state index contributed by atoms with van der Waals surface area (Å²) < 4.78 is 15.8. The fraction of sp³-hybridized carbons (Fsp3) is 0.0667. The third-order valence-electron chi connectivity index (χ3n) is 3.06. The van der Waals surface area contributed by atoms with Crippen molar-refractivity contribution in [2.75, 3.05) is 0 Å². The van der Waals surface area contributed by atoms with E-state index >= 15 is 0 Å². The zero-order valence-corrected chi connectivity index (χ0v) is 12.6. The molecule has 0 aliphatic heterocycles. The van der Waals surface area contributed by atoms with E-state index in [0.29, 0.717) is 11.7 Å². The first-order chi connectivity index (χ1) is 11.1. The molecule has 0 bridgehead atoms. The second-order valence-corrected chi connectivity index (χ2v) is 5.64. The molecule has 23 heavy (non-hydrogen) atoms. The van der Waals surface area contributed by atoms with Crippen LogP contribution in [0.15, 0.2) is 65.0 Å². The zero-order chi connectivity index (χ0) is 16.2. The van der Waals surface area contributed by atoms with Crippen molar-refractivity contribution in [1.29, 1.82) is 0 Å². The van der Waals surface area contributed by atoms with Crippen molar-refractivity contribution in [3.63, 3.8) is 0 Å². The molecule has 0 saturated carbocycles. The molecule has 3 rings (SSSR count). The second kappa shape index (κ2) is 6.57. The summed E-state index contributed by atoms with van der Waals surface area (Å²) in [5.74, 6) is -0.642. The average Bonchev–Trinajstić information content (AvgIpc) is 2.97. The molecule has 6 nitrogen and oxygen atoms in total. The Bertz CT molecular complexity index is 839. The third-order valence-corrected chi connectivity index (χ3v) is 4.14. The highest BCUT2D eigenvalue weighted by molar-refractivity contribution is 7.99. The maximum Gasteiger partial charge on any atom is 0.272 e. The number of hydrogen-bond donors (Lipinski definition) is 0. The number of benzene rings is 1. The van der Waals surface area contributed by atoms with Gasteiger partial charge < -0.3 is 4.57 Å². The Balaban J connectivity index is 1.82. The molecule has 0 spiro atoms. The van der Waals surface area contributed by atoms with Crippen LogP contribution >= 0.6 is 11.8 Å². The Kier molecular flexibility index (Phi) is 4.33. The highest BCUT2D eigenvalue weighted by Crippen LogP contribution is 2.30. The number of aromatic nitrogens is 3. The van der Waals surface area contributed by atoms with Crippen molar-refractivity contribution in [1.82, 2.24) is 14.5 Å². The van der Waals surface area contributed by atoms with Gasteiger partial charge >= 0.3 is 0 Å². The van der Waals surface area contributed by atoms with Gasteiger partial charge in [-0.05, 0) is 30.0 Å². The minimum Gasteiger partial charge on any atom is -0.320 e. The van der Waals surface area contributed by atoms with Crippen molar-refractivity contribution >= 4 is 17.4 Å². The van der Waals surface area contributed by atoms with Crippen LogP contribution in [-0.2, 0) is 6.54 Å². The molecule has 0 saturated heterocycles. The van der Waals surface area contributed by atoms with E-state index in [0.717, 1.165) is 23.5 Å². The first kappa shape index (κ1) is 15.2. The lowest BCUT2D eigenvalue weighted by Gasteiger charge is -2.07. The molecule has 3 aromatic rings. The van der Waals surface area contributed by atoms with E-state index < -0.39 is 10.7 Å². The normalized spacial score (nSPS) is 10.7. The molecule has 1 aromatic carbocycles. The summed E-state index contributed by atoms with van der Waals surface area (Å²) >= 11 is 1.11. The Hall–Kier alpha value is -2.74. The Morgan fingerprint density at radius 1 is 1.22 bits per heavy atom. The van der Waals surface area contributed by atoms with Crippen LogP contribution in [0.2, 0.25) is 0 Å². The molecule has 0 N–H and O–H groups in total. The van der Waals surface area contributed by atoms with Gasteiger partial charge in [-0.1, -0.05) is 6.07 Å². The van der Waals surface area contributed by atoms with E-state index in [1.54, 1.807) is 18.6 Å². The number of nitrogens with zero attached hydrogens (tertiary/aromatic N) is 4. The molecule has 0 fully saturated rings. The van der Waals surface area contributed by atoms with Gasteiger partial charge in [-0.25, -0.2) is 9.37 Å². The summed E-state index contributed by atoms with van der Waals surface area (Å²) in [4.78, 5) is 18.8. The lowest BCUT2D eigenvalue weighted by molar-refractivity contribution is -0.385. The molecule has 0 amide bonds. The van der Waals surface area contributed by atoms with Gasteiger partial charge in [0.2, 0.25) is 0 Å². The summed E-state index contributed by atoms with van der Waals surface area (Å²) in [5, 5.41) is 11.2. The Labute approximate surface area is 135 Å². The lowest BCUT2D eigenvalue weighted by atomic mass is 10.3. The second-order valence-electron chi connectivity index (χ2n) is 4.63. The predicted octanol–water partition coefficient (Wildman–Crippen LogP) is 3.52. The van der Waals surface area contributed by atoms with Gasteiger partial charge in [-0.2, -0.15) is 0 Å². The van der Waals surface area contributed by atoms with Crippen LogP contribution in [0, 0.1) is 15.9 Å². The maximum atomic E-state index is 14.0. The molecule has 116 valence electrons. The average molecular weight is 330 g/mol. The van der Waals surface area contributed by atoms with Gasteiger partial charge in [0.1, 0.15) is 5.82 Å². The predicted molar refractivity (Wildman–Crippen MR) is 82.7 cm³/mol. The van der Waals surface area contributed by atoms with E-state index in [4.69, 9.17) is 0 Å². The highest BCUT2D eigenvalue weighted by atomic mass is 32.2. The molecule has 0 radical (unpaired) electrons. The Morgan fingerprint density at radius 3 is 2.78 bits per heavy atom. The summed E-state index contributed by atoms with van der Waals surface area (Å²) in [7, 11) is 0. The van der Waals surface area contributed by atoms with E-state index in [-0.39, 0.29) is 10.6 Å². The van der Waals surface area contributed by atoms with Gasteiger partial charge in [-0.15, -0.1) is 0 Å². The maximum absolute atomic E-state index is 14.0. The highest BCUT2D eigenvalue weighted by Gasteiger charge is 2.14. The lowest BCUT2D eigenvalue weighted by Crippen LogP contribution is -2.02. The van der Waals surface area contributed by atoms with Crippen molar-refractivity contribution in [2.24, 2.45) is 0 Å². The first-order valence-electron chi connectivity index (χ1n) is 6.66. The number of pyridine rings is 1. The molecular weight excluding hydrogens is 319 g/mol. The number of non-ortho nitro benzene ring substituents is 1. The topological polar surface area (TPSA) is 73.8 Å². The van der Waals surface area contributed by atoms with Crippen molar-refractivity contribution in [3.8, 4) is 0 Å². The molecule has 8 heteroatoms. The van der Waals surface area contributed by atoms with Crippen LogP contribution in [0.5, 0.6) is 0 Å². The minimum absolute atomic E-state index is 0.274. The summed E-state index contributed by atoms with van der Waals surface area (Å²) in [6, 6.07) is 9.19. The van der Waals surface area contributed by atoms with Crippen molar-refractivity contribution in [2.45, 2.75) is 16.6 Å². The molecule has 2 heterocycles. The first-order valence-corrected chi connectivity index (χ1v) is 7.48. The van der Waals surface area contributed by atoms with Crippen LogP contribution in [0.1, 0.15) is 5.69 Å². The number of imidazole rings is 1. The standard InChI is InChI=1S/C15H11FN4O2S/c16-13-9-12(20(21)22)4-5-14(13)23-15-18-7-8-19(15)10-11-3-1-2-6-17-11/h1-9H,10H2. The molecule has 2 aromatic heterocycles. The molecule has 0 aliphatic carbocycles. The molecular formula is C15H11FN4O2S. The summed E-state index contributed by atoms with van der Waals surface area (Å²) in [5.41, 5.74) is 0.584. The van der Waals surface area contributed by atoms with E-state index in [1.165, 1.54) is 12.1 Å². The number of nitro groups is 1. The number of hydrogen-bond acceptors (Lipinski definition) is 5. The van der Waals surface area contributed by atoms with Crippen LogP contribution in [0.4, 0.5) is 10.1 Å². The Morgan fingerprint density at radius 2 is 2.09 bits per heavy atom. The molecule has 0 aliphatic rings. The van der Waals surface area contributed by atoms with Crippen molar-refractivity contribution < 1.29 is 9.31 Å². The van der Waals surface area contributed by atoms with Crippen LogP contribution in [0.3, 0.4) is 0 Å². The minimum atomic E-state index is -0.642. The SMILES string of the molecule is O=[N+]([O-])c1ccc(Sc2nccn2Cc2ccccn2)c(F)c1. The number of halogens is 1. The van der Waals surface area contributed by atoms with Crippen LogP contribution in [0.25, 0.3) is 0 Å². The number of rotatable bonds is 5. The summed E-state index contributed by atoms with van der Waals surface area (Å²) in [6.07, 6.45) is 5.10.